The highest BCUT2D eigenvalue weighted by molar-refractivity contribution is 7.09. The molecule has 3 rings (SSSR count). The molecular formula is C25H27NO4S. The Bertz CT molecular complexity index is 1050. The zero-order chi connectivity index (χ0) is 22.2. The number of aromatic nitrogens is 1. The van der Waals surface area contributed by atoms with Gasteiger partial charge in [-0.15, -0.1) is 11.3 Å². The van der Waals surface area contributed by atoms with E-state index in [0.717, 1.165) is 35.4 Å². The molecule has 0 aliphatic carbocycles. The number of carboxylic acid groups (broad SMARTS) is 1. The monoisotopic (exact) mass is 437 g/mol. The number of aromatic carboxylic acids is 1. The van der Waals surface area contributed by atoms with Gasteiger partial charge in [-0.25, -0.2) is 9.59 Å². The number of ether oxygens (including phenoxy) is 1. The maximum absolute atomic E-state index is 12.9. The van der Waals surface area contributed by atoms with Gasteiger partial charge >= 0.3 is 11.9 Å². The van der Waals surface area contributed by atoms with Crippen molar-refractivity contribution in [2.24, 2.45) is 0 Å². The van der Waals surface area contributed by atoms with Gasteiger partial charge in [-0.05, 0) is 55.0 Å². The predicted octanol–water partition coefficient (Wildman–Crippen LogP) is 5.73. The van der Waals surface area contributed by atoms with Gasteiger partial charge in [-0.3, -0.25) is 0 Å². The molecular weight excluding hydrogens is 410 g/mol. The molecule has 2 aromatic heterocycles. The first-order valence-corrected chi connectivity index (χ1v) is 11.3. The van der Waals surface area contributed by atoms with Crippen LogP contribution in [0.25, 0.3) is 0 Å². The molecule has 0 radical (unpaired) electrons. The quantitative estimate of drug-likeness (QED) is 0.325. The summed E-state index contributed by atoms with van der Waals surface area (Å²) in [5.41, 5.74) is 2.91. The first-order valence-electron chi connectivity index (χ1n) is 10.4. The number of carbonyl (C=O) groups excluding carboxylic acids is 1. The molecule has 0 saturated heterocycles. The van der Waals surface area contributed by atoms with Gasteiger partial charge in [0.1, 0.15) is 0 Å². The van der Waals surface area contributed by atoms with Gasteiger partial charge in [0.2, 0.25) is 5.88 Å². The summed E-state index contributed by atoms with van der Waals surface area (Å²) in [6.45, 7) is 4.49. The van der Waals surface area contributed by atoms with Crippen molar-refractivity contribution in [1.29, 1.82) is 0 Å². The molecule has 0 aliphatic heterocycles. The normalized spacial score (nSPS) is 11.5. The first kappa shape index (κ1) is 22.6. The number of carbonyl (C=O) groups is 2. The number of rotatable bonds is 10. The third-order valence-corrected chi connectivity index (χ3v) is 5.99. The van der Waals surface area contributed by atoms with Gasteiger partial charge in [0.25, 0.3) is 0 Å². The van der Waals surface area contributed by atoms with Crippen LogP contribution in [-0.2, 0) is 24.2 Å². The molecule has 162 valence electrons. The highest BCUT2D eigenvalue weighted by atomic mass is 32.1. The number of carboxylic acids is 1. The molecule has 0 spiro atoms. The van der Waals surface area contributed by atoms with E-state index in [9.17, 15) is 9.59 Å². The number of nitrogens with zero attached hydrogens (tertiary/aromatic N) is 1. The Balaban J connectivity index is 1.81. The molecule has 0 saturated carbocycles. The molecule has 2 heterocycles. The summed E-state index contributed by atoms with van der Waals surface area (Å²) in [4.78, 5) is 25.1. The average Bonchev–Trinajstić information content (AvgIpc) is 3.41. The third-order valence-electron chi connectivity index (χ3n) is 5.11. The van der Waals surface area contributed by atoms with Crippen molar-refractivity contribution in [3.8, 4) is 5.88 Å². The van der Waals surface area contributed by atoms with Gasteiger partial charge in [-0.1, -0.05) is 37.6 Å². The fourth-order valence-corrected chi connectivity index (χ4v) is 4.05. The van der Waals surface area contributed by atoms with Crippen molar-refractivity contribution >= 4 is 23.3 Å². The van der Waals surface area contributed by atoms with E-state index in [4.69, 9.17) is 9.84 Å². The Morgan fingerprint density at radius 3 is 2.52 bits per heavy atom. The number of allylic oxidation sites excluding steroid dienone is 1. The molecule has 0 amide bonds. The number of unbranched alkanes of at least 4 members (excludes halogenated alkanes) is 1. The fourth-order valence-electron chi connectivity index (χ4n) is 3.32. The van der Waals surface area contributed by atoms with E-state index in [1.165, 1.54) is 0 Å². The van der Waals surface area contributed by atoms with Gasteiger partial charge in [-0.2, -0.15) is 0 Å². The Morgan fingerprint density at radius 2 is 1.90 bits per heavy atom. The van der Waals surface area contributed by atoms with Crippen LogP contribution in [0.1, 0.15) is 53.2 Å². The number of esters is 1. The largest absolute Gasteiger partial charge is 0.478 e. The zero-order valence-electron chi connectivity index (χ0n) is 17.8. The number of hydrogen-bond acceptors (Lipinski definition) is 4. The Hall–Kier alpha value is -3.12. The van der Waals surface area contributed by atoms with Crippen molar-refractivity contribution in [2.75, 3.05) is 0 Å². The van der Waals surface area contributed by atoms with Crippen LogP contribution in [0.4, 0.5) is 0 Å². The molecule has 5 nitrogen and oxygen atoms in total. The van der Waals surface area contributed by atoms with Gasteiger partial charge in [0.15, 0.2) is 0 Å². The lowest BCUT2D eigenvalue weighted by molar-refractivity contribution is -0.130. The Kier molecular flexibility index (Phi) is 7.84. The van der Waals surface area contributed by atoms with E-state index < -0.39 is 5.97 Å². The van der Waals surface area contributed by atoms with Crippen LogP contribution in [0.3, 0.4) is 0 Å². The molecule has 6 heteroatoms. The van der Waals surface area contributed by atoms with Crippen molar-refractivity contribution < 1.29 is 19.4 Å². The second kappa shape index (κ2) is 10.8. The summed E-state index contributed by atoms with van der Waals surface area (Å²) >= 11 is 1.62. The lowest BCUT2D eigenvalue weighted by Crippen LogP contribution is -2.16. The predicted molar refractivity (Wildman–Crippen MR) is 123 cm³/mol. The summed E-state index contributed by atoms with van der Waals surface area (Å²) in [5.74, 6) is -0.794. The van der Waals surface area contributed by atoms with E-state index in [2.05, 4.69) is 6.92 Å². The van der Waals surface area contributed by atoms with Crippen molar-refractivity contribution in [3.05, 3.63) is 87.3 Å². The average molecular weight is 438 g/mol. The second-order valence-corrected chi connectivity index (χ2v) is 8.35. The van der Waals surface area contributed by atoms with E-state index in [-0.39, 0.29) is 11.5 Å². The van der Waals surface area contributed by atoms with Crippen LogP contribution < -0.4 is 4.74 Å². The van der Waals surface area contributed by atoms with Crippen LogP contribution in [-0.4, -0.2) is 21.6 Å². The van der Waals surface area contributed by atoms with Gasteiger partial charge < -0.3 is 14.4 Å². The van der Waals surface area contributed by atoms with Crippen LogP contribution in [0.5, 0.6) is 5.88 Å². The zero-order valence-corrected chi connectivity index (χ0v) is 18.7. The third kappa shape index (κ3) is 5.95. The number of benzene rings is 1. The second-order valence-electron chi connectivity index (χ2n) is 7.31. The summed E-state index contributed by atoms with van der Waals surface area (Å²) in [7, 11) is 0. The molecule has 3 aromatic rings. The van der Waals surface area contributed by atoms with Crippen LogP contribution in [0, 0.1) is 0 Å². The minimum Gasteiger partial charge on any atom is -0.478 e. The van der Waals surface area contributed by atoms with Crippen LogP contribution >= 0.6 is 11.3 Å². The molecule has 0 atom stereocenters. The molecule has 0 unspecified atom stereocenters. The maximum Gasteiger partial charge on any atom is 0.340 e. The smallest absolute Gasteiger partial charge is 0.340 e. The molecule has 0 bridgehead atoms. The maximum atomic E-state index is 12.9. The Morgan fingerprint density at radius 1 is 1.13 bits per heavy atom. The summed E-state index contributed by atoms with van der Waals surface area (Å²) in [6.07, 6.45) is 5.34. The van der Waals surface area contributed by atoms with E-state index in [1.807, 2.05) is 41.1 Å². The summed E-state index contributed by atoms with van der Waals surface area (Å²) in [6, 6.07) is 14.6. The highest BCUT2D eigenvalue weighted by Crippen LogP contribution is 2.23. The fraction of sp³-hybridized carbons (Fsp3) is 0.280. The van der Waals surface area contributed by atoms with Gasteiger partial charge in [0.05, 0.1) is 12.1 Å². The molecule has 1 N–H and O–H groups in total. The lowest BCUT2D eigenvalue weighted by atomic mass is 10.1. The van der Waals surface area contributed by atoms with Crippen molar-refractivity contribution in [1.82, 2.24) is 4.57 Å². The minimum atomic E-state index is -0.949. The molecule has 1 aromatic carbocycles. The van der Waals surface area contributed by atoms with Crippen molar-refractivity contribution in [3.63, 3.8) is 0 Å². The number of thiophene rings is 1. The lowest BCUT2D eigenvalue weighted by Gasteiger charge is -2.14. The molecule has 31 heavy (non-hydrogen) atoms. The minimum absolute atomic E-state index is 0.250. The van der Waals surface area contributed by atoms with Crippen molar-refractivity contribution in [2.45, 2.75) is 46.1 Å². The summed E-state index contributed by atoms with van der Waals surface area (Å²) < 4.78 is 7.81. The molecule has 0 aliphatic rings. The number of hydrogen-bond donors (Lipinski definition) is 1. The topological polar surface area (TPSA) is 68.5 Å². The van der Waals surface area contributed by atoms with Crippen LogP contribution in [0.15, 0.2) is 65.6 Å². The molecule has 0 fully saturated rings. The Labute approximate surface area is 186 Å². The number of aryl methyl sites for hydroxylation is 1. The first-order chi connectivity index (χ1) is 15.0. The standard InChI is InChI=1S/C25H27NO4S/c1-3-5-7-21-13-14-23(26(21)17-18-9-11-20(12-10-18)24(27)28)30-25(29)19(4-2)16-22-8-6-15-31-22/h4,6,8-15H,3,5,7,16-17H2,1-2H3,(H,27,28)/b19-4+. The SMILES string of the molecule is C/C=C(\Cc1cccs1)C(=O)Oc1ccc(CCCC)n1Cc1ccc(C(=O)O)cc1. The summed E-state index contributed by atoms with van der Waals surface area (Å²) in [5, 5.41) is 11.1. The highest BCUT2D eigenvalue weighted by Gasteiger charge is 2.17. The van der Waals surface area contributed by atoms with E-state index in [1.54, 1.807) is 41.7 Å². The van der Waals surface area contributed by atoms with E-state index >= 15 is 0 Å². The van der Waals surface area contributed by atoms with Crippen LogP contribution in [0.2, 0.25) is 0 Å². The van der Waals surface area contributed by atoms with E-state index in [0.29, 0.717) is 24.4 Å². The van der Waals surface area contributed by atoms with Gasteiger partial charge in [0, 0.05) is 28.6 Å².